The van der Waals surface area contributed by atoms with Gasteiger partial charge in [0.25, 0.3) is 0 Å². The van der Waals surface area contributed by atoms with Gasteiger partial charge in [-0.15, -0.1) is 11.3 Å². The Bertz CT molecular complexity index is 2500. The van der Waals surface area contributed by atoms with Crippen LogP contribution in [0.4, 0.5) is 0 Å². The number of nitrogens with zero attached hydrogens (tertiary/aromatic N) is 3. The van der Waals surface area contributed by atoms with Crippen LogP contribution >= 0.6 is 11.3 Å². The van der Waals surface area contributed by atoms with Gasteiger partial charge in [-0.2, -0.15) is 0 Å². The molecule has 4 heteroatoms. The van der Waals surface area contributed by atoms with Crippen molar-refractivity contribution >= 4 is 31.5 Å². The van der Waals surface area contributed by atoms with E-state index >= 15 is 0 Å². The first-order valence-corrected chi connectivity index (χ1v) is 17.2. The summed E-state index contributed by atoms with van der Waals surface area (Å²) in [6, 6.07) is 61.6. The summed E-state index contributed by atoms with van der Waals surface area (Å²) in [5.74, 6) is 1.99. The van der Waals surface area contributed by atoms with Crippen molar-refractivity contribution in [3.8, 4) is 67.5 Å². The van der Waals surface area contributed by atoms with Gasteiger partial charge in [0.05, 0.1) is 0 Å². The second kappa shape index (κ2) is 12.4. The minimum Gasteiger partial charge on any atom is -0.208 e. The van der Waals surface area contributed by atoms with Crippen LogP contribution in [-0.4, -0.2) is 15.0 Å². The molecule has 0 bridgehead atoms. The maximum atomic E-state index is 5.09. The van der Waals surface area contributed by atoms with Gasteiger partial charge in [0.2, 0.25) is 0 Å². The predicted molar refractivity (Wildman–Crippen MR) is 205 cm³/mol. The molecule has 3 nitrogen and oxygen atoms in total. The summed E-state index contributed by atoms with van der Waals surface area (Å²) in [6.07, 6.45) is 0. The molecule has 7 aromatic carbocycles. The molecule has 0 fully saturated rings. The Morgan fingerprint density at radius 3 is 1.12 bits per heavy atom. The topological polar surface area (TPSA) is 38.7 Å². The van der Waals surface area contributed by atoms with E-state index in [1.807, 2.05) is 72.0 Å². The zero-order valence-electron chi connectivity index (χ0n) is 26.5. The van der Waals surface area contributed by atoms with Crippen molar-refractivity contribution in [2.24, 2.45) is 0 Å². The van der Waals surface area contributed by atoms with E-state index in [1.165, 1.54) is 53.6 Å². The molecule has 0 atom stereocenters. The van der Waals surface area contributed by atoms with Gasteiger partial charge >= 0.3 is 0 Å². The van der Waals surface area contributed by atoms with Crippen molar-refractivity contribution < 1.29 is 0 Å². The Morgan fingerprint density at radius 2 is 0.633 bits per heavy atom. The Labute approximate surface area is 288 Å². The molecule has 0 saturated heterocycles. The van der Waals surface area contributed by atoms with E-state index in [2.05, 4.69) is 115 Å². The van der Waals surface area contributed by atoms with Crippen molar-refractivity contribution in [1.82, 2.24) is 15.0 Å². The lowest BCUT2D eigenvalue weighted by atomic mass is 9.95. The first-order valence-electron chi connectivity index (χ1n) is 16.4. The molecular weight excluding hydrogens is 615 g/mol. The highest BCUT2D eigenvalue weighted by molar-refractivity contribution is 7.26. The lowest BCUT2D eigenvalue weighted by Gasteiger charge is -2.11. The molecule has 0 aliphatic heterocycles. The summed E-state index contributed by atoms with van der Waals surface area (Å²) < 4.78 is 2.44. The predicted octanol–water partition coefficient (Wildman–Crippen LogP) is 12.2. The van der Waals surface area contributed by atoms with E-state index in [0.717, 1.165) is 16.7 Å². The lowest BCUT2D eigenvalue weighted by Crippen LogP contribution is -2.00. The number of hydrogen-bond acceptors (Lipinski definition) is 4. The fourth-order valence-corrected chi connectivity index (χ4v) is 7.71. The zero-order chi connectivity index (χ0) is 32.6. The summed E-state index contributed by atoms with van der Waals surface area (Å²) in [5.41, 5.74) is 10.1. The molecule has 230 valence electrons. The van der Waals surface area contributed by atoms with Crippen molar-refractivity contribution in [1.29, 1.82) is 0 Å². The Morgan fingerprint density at radius 1 is 0.265 bits per heavy atom. The van der Waals surface area contributed by atoms with Gasteiger partial charge in [0.15, 0.2) is 17.5 Å². The third-order valence-corrected chi connectivity index (χ3v) is 10.1. The highest BCUT2D eigenvalue weighted by Crippen LogP contribution is 2.44. The Hall–Kier alpha value is -6.23. The first-order chi connectivity index (χ1) is 24.3. The van der Waals surface area contributed by atoms with Crippen LogP contribution in [0.15, 0.2) is 176 Å². The maximum Gasteiger partial charge on any atom is 0.164 e. The third kappa shape index (κ3) is 5.48. The smallest absolute Gasteiger partial charge is 0.164 e. The monoisotopic (exact) mass is 643 g/mol. The number of aromatic nitrogens is 3. The normalized spacial score (nSPS) is 11.3. The summed E-state index contributed by atoms with van der Waals surface area (Å²) in [6.45, 7) is 0. The molecule has 0 amide bonds. The van der Waals surface area contributed by atoms with Crippen LogP contribution in [0.1, 0.15) is 0 Å². The minimum atomic E-state index is 0.661. The van der Waals surface area contributed by atoms with Gasteiger partial charge in [0.1, 0.15) is 0 Å². The van der Waals surface area contributed by atoms with Crippen molar-refractivity contribution in [2.45, 2.75) is 0 Å². The summed E-state index contributed by atoms with van der Waals surface area (Å²) in [5, 5.41) is 2.39. The van der Waals surface area contributed by atoms with Crippen LogP contribution in [0.5, 0.6) is 0 Å². The SMILES string of the molecule is c1ccc(-c2ccc(-c3ccc(-c4cccc5sc6cccc(-c7nc(-c8ccccc8)nc(-c8ccccc8)n7)c6c45)cc3)cc2)cc1. The molecule has 2 heterocycles. The fraction of sp³-hybridized carbons (Fsp3) is 0. The van der Waals surface area contributed by atoms with E-state index in [4.69, 9.17) is 15.0 Å². The molecule has 0 aliphatic carbocycles. The van der Waals surface area contributed by atoms with Gasteiger partial charge in [-0.25, -0.2) is 15.0 Å². The summed E-state index contributed by atoms with van der Waals surface area (Å²) in [7, 11) is 0. The zero-order valence-corrected chi connectivity index (χ0v) is 27.3. The first kappa shape index (κ1) is 29.0. The van der Waals surface area contributed by atoms with Gasteiger partial charge in [-0.1, -0.05) is 164 Å². The third-order valence-electron chi connectivity index (χ3n) is 8.98. The second-order valence-corrected chi connectivity index (χ2v) is 13.1. The van der Waals surface area contributed by atoms with E-state index in [1.54, 1.807) is 0 Å². The van der Waals surface area contributed by atoms with Gasteiger partial charge in [-0.05, 0) is 45.5 Å². The molecule has 0 N–H and O–H groups in total. The van der Waals surface area contributed by atoms with E-state index in [-0.39, 0.29) is 0 Å². The van der Waals surface area contributed by atoms with Crippen molar-refractivity contribution in [3.05, 3.63) is 176 Å². The Balaban J connectivity index is 1.16. The van der Waals surface area contributed by atoms with Crippen LogP contribution in [0.25, 0.3) is 87.7 Å². The molecule has 9 aromatic rings. The number of rotatable bonds is 6. The van der Waals surface area contributed by atoms with Gasteiger partial charge < -0.3 is 0 Å². The standard InChI is InChI=1S/C45H29N3S/c1-4-12-30(13-5-1)31-22-24-32(25-23-31)33-26-28-34(29-27-33)37-18-10-20-39-41(37)42-38(19-11-21-40(42)49-39)45-47-43(35-14-6-2-7-15-35)46-44(48-45)36-16-8-3-9-17-36/h1-29H. The van der Waals surface area contributed by atoms with Crippen LogP contribution < -0.4 is 0 Å². The van der Waals surface area contributed by atoms with Crippen molar-refractivity contribution in [3.63, 3.8) is 0 Å². The average molecular weight is 644 g/mol. The molecule has 9 rings (SSSR count). The van der Waals surface area contributed by atoms with Crippen LogP contribution in [-0.2, 0) is 0 Å². The van der Waals surface area contributed by atoms with Gasteiger partial charge in [-0.3, -0.25) is 0 Å². The molecule has 0 unspecified atom stereocenters. The number of benzene rings is 7. The maximum absolute atomic E-state index is 5.09. The van der Waals surface area contributed by atoms with Crippen LogP contribution in [0.3, 0.4) is 0 Å². The van der Waals surface area contributed by atoms with Gasteiger partial charge in [0, 0.05) is 36.9 Å². The summed E-state index contributed by atoms with van der Waals surface area (Å²) in [4.78, 5) is 15.1. The van der Waals surface area contributed by atoms with E-state index < -0.39 is 0 Å². The molecular formula is C45H29N3S. The molecule has 0 radical (unpaired) electrons. The van der Waals surface area contributed by atoms with Crippen molar-refractivity contribution in [2.75, 3.05) is 0 Å². The van der Waals surface area contributed by atoms with Crippen LogP contribution in [0.2, 0.25) is 0 Å². The quantitative estimate of drug-likeness (QED) is 0.181. The lowest BCUT2D eigenvalue weighted by molar-refractivity contribution is 1.08. The number of thiophene rings is 1. The molecule has 0 aliphatic rings. The average Bonchev–Trinajstić information content (AvgIpc) is 3.58. The fourth-order valence-electron chi connectivity index (χ4n) is 6.55. The number of hydrogen-bond donors (Lipinski definition) is 0. The second-order valence-electron chi connectivity index (χ2n) is 12.0. The van der Waals surface area contributed by atoms with Crippen LogP contribution in [0, 0.1) is 0 Å². The Kier molecular flexibility index (Phi) is 7.34. The molecule has 2 aromatic heterocycles. The molecule has 0 spiro atoms. The van der Waals surface area contributed by atoms with E-state index in [9.17, 15) is 0 Å². The largest absolute Gasteiger partial charge is 0.208 e. The van der Waals surface area contributed by atoms with E-state index in [0.29, 0.717) is 17.5 Å². The molecule has 49 heavy (non-hydrogen) atoms. The highest BCUT2D eigenvalue weighted by atomic mass is 32.1. The molecule has 0 saturated carbocycles. The number of fused-ring (bicyclic) bond motifs is 3. The summed E-state index contributed by atoms with van der Waals surface area (Å²) >= 11 is 1.81. The minimum absolute atomic E-state index is 0.661. The highest BCUT2D eigenvalue weighted by Gasteiger charge is 2.19.